The number of benzene rings is 2. The van der Waals surface area contributed by atoms with Crippen LogP contribution in [0, 0.1) is 0 Å². The van der Waals surface area contributed by atoms with E-state index in [9.17, 15) is 9.59 Å². The lowest BCUT2D eigenvalue weighted by Gasteiger charge is -2.35. The maximum atomic E-state index is 12.9. The summed E-state index contributed by atoms with van der Waals surface area (Å²) in [4.78, 5) is 28.0. The predicted molar refractivity (Wildman–Crippen MR) is 119 cm³/mol. The van der Waals surface area contributed by atoms with Crippen LogP contribution in [0.3, 0.4) is 0 Å². The highest BCUT2D eigenvalue weighted by atomic mass is 32.2. The molecule has 30 heavy (non-hydrogen) atoms. The first-order valence-electron chi connectivity index (χ1n) is 10.4. The lowest BCUT2D eigenvalue weighted by Crippen LogP contribution is -2.40. The van der Waals surface area contributed by atoms with Crippen molar-refractivity contribution in [1.29, 1.82) is 0 Å². The molecule has 2 amide bonds. The fraction of sp³-hybridized carbons (Fsp3) is 0.391. The molecule has 1 fully saturated rings. The number of likely N-dealkylation sites (tertiary alicyclic amines) is 1. The molecule has 2 aliphatic heterocycles. The van der Waals surface area contributed by atoms with Crippen LogP contribution in [0.1, 0.15) is 41.2 Å². The van der Waals surface area contributed by atoms with Crippen LogP contribution in [-0.4, -0.2) is 49.2 Å². The van der Waals surface area contributed by atoms with E-state index in [-0.39, 0.29) is 17.9 Å². The first-order chi connectivity index (χ1) is 14.7. The second kappa shape index (κ2) is 9.53. The molecule has 2 N–H and O–H groups in total. The second-order valence-corrected chi connectivity index (χ2v) is 8.63. The highest BCUT2D eigenvalue weighted by Gasteiger charge is 2.26. The molecule has 1 saturated heterocycles. The first kappa shape index (κ1) is 20.8. The molecular weight excluding hydrogens is 398 g/mol. The Morgan fingerprint density at radius 3 is 2.80 bits per heavy atom. The van der Waals surface area contributed by atoms with Crippen LogP contribution in [0.15, 0.2) is 47.4 Å². The molecule has 6 nitrogen and oxygen atoms in total. The zero-order chi connectivity index (χ0) is 20.9. The molecule has 2 heterocycles. The van der Waals surface area contributed by atoms with Crippen LogP contribution in [0.25, 0.3) is 0 Å². The third-order valence-electron chi connectivity index (χ3n) is 5.66. The van der Waals surface area contributed by atoms with Gasteiger partial charge in [0.05, 0.1) is 24.6 Å². The minimum absolute atomic E-state index is 0.0357. The van der Waals surface area contributed by atoms with Crippen molar-refractivity contribution in [2.24, 2.45) is 0 Å². The topological polar surface area (TPSA) is 70.7 Å². The highest BCUT2D eigenvalue weighted by Crippen LogP contribution is 2.33. The maximum Gasteiger partial charge on any atom is 0.251 e. The van der Waals surface area contributed by atoms with E-state index in [2.05, 4.69) is 21.6 Å². The Hall–Kier alpha value is -2.51. The molecule has 2 aliphatic rings. The molecule has 4 rings (SSSR count). The standard InChI is InChI=1S/C23H27N3O3S/c1-29-20-8-4-3-7-17(20)19(26-11-5-2-6-12-26)14-24-23(28)16-9-10-21-18(13-16)25-22(27)15-30-21/h3-4,7-10,13,19H,2,5-6,11-12,14-15H2,1H3,(H,24,28)(H,25,27). The number of carbonyl (C=O) groups is 2. The smallest absolute Gasteiger partial charge is 0.251 e. The molecule has 0 radical (unpaired) electrons. The molecule has 1 unspecified atom stereocenters. The molecule has 1 atom stereocenters. The van der Waals surface area contributed by atoms with Crippen LogP contribution < -0.4 is 15.4 Å². The van der Waals surface area contributed by atoms with E-state index in [0.717, 1.165) is 29.3 Å². The Morgan fingerprint density at radius 2 is 2.00 bits per heavy atom. The number of hydrogen-bond donors (Lipinski definition) is 2. The van der Waals surface area contributed by atoms with Crippen LogP contribution in [-0.2, 0) is 4.79 Å². The van der Waals surface area contributed by atoms with Crippen molar-refractivity contribution in [1.82, 2.24) is 10.2 Å². The Kier molecular flexibility index (Phi) is 6.59. The molecule has 2 aromatic rings. The number of nitrogens with one attached hydrogen (secondary N) is 2. The van der Waals surface area contributed by atoms with E-state index in [0.29, 0.717) is 23.5 Å². The van der Waals surface area contributed by atoms with Crippen LogP contribution in [0.4, 0.5) is 5.69 Å². The minimum atomic E-state index is -0.139. The number of thioether (sulfide) groups is 1. The Balaban J connectivity index is 1.51. The molecule has 0 bridgehead atoms. The largest absolute Gasteiger partial charge is 0.496 e. The number of rotatable bonds is 6. The van der Waals surface area contributed by atoms with Gasteiger partial charge in [-0.05, 0) is 50.2 Å². The third kappa shape index (κ3) is 4.63. The van der Waals surface area contributed by atoms with Gasteiger partial charge in [0.15, 0.2) is 0 Å². The van der Waals surface area contributed by atoms with Gasteiger partial charge in [-0.1, -0.05) is 24.6 Å². The average Bonchev–Trinajstić information content (AvgIpc) is 2.79. The summed E-state index contributed by atoms with van der Waals surface area (Å²) in [6.45, 7) is 2.53. The fourth-order valence-corrected chi connectivity index (χ4v) is 4.91. The number of ether oxygens (including phenoxy) is 1. The van der Waals surface area contributed by atoms with Crippen molar-refractivity contribution in [2.45, 2.75) is 30.2 Å². The number of nitrogens with zero attached hydrogens (tertiary/aromatic N) is 1. The Morgan fingerprint density at radius 1 is 1.20 bits per heavy atom. The van der Waals surface area contributed by atoms with Crippen LogP contribution >= 0.6 is 11.8 Å². The van der Waals surface area contributed by atoms with E-state index in [4.69, 9.17) is 4.74 Å². The molecule has 0 aliphatic carbocycles. The molecule has 0 saturated carbocycles. The van der Waals surface area contributed by atoms with Gasteiger partial charge >= 0.3 is 0 Å². The summed E-state index contributed by atoms with van der Waals surface area (Å²) in [5, 5.41) is 5.96. The quantitative estimate of drug-likeness (QED) is 0.739. The summed E-state index contributed by atoms with van der Waals surface area (Å²) in [5.41, 5.74) is 2.35. The van der Waals surface area contributed by atoms with Gasteiger partial charge < -0.3 is 15.4 Å². The number of hydrogen-bond acceptors (Lipinski definition) is 5. The number of carbonyl (C=O) groups excluding carboxylic acids is 2. The maximum absolute atomic E-state index is 12.9. The Labute approximate surface area is 181 Å². The predicted octanol–water partition coefficient (Wildman–Crippen LogP) is 3.70. The number of anilines is 1. The summed E-state index contributed by atoms with van der Waals surface area (Å²) in [5.74, 6) is 1.08. The normalized spacial score (nSPS) is 17.6. The first-order valence-corrected chi connectivity index (χ1v) is 11.4. The van der Waals surface area contributed by atoms with Crippen molar-refractivity contribution in [2.75, 3.05) is 37.8 Å². The molecule has 7 heteroatoms. The molecule has 0 spiro atoms. The fourth-order valence-electron chi connectivity index (χ4n) is 4.12. The SMILES string of the molecule is COc1ccccc1C(CNC(=O)c1ccc2c(c1)NC(=O)CS2)N1CCCCC1. The number of amides is 2. The van der Waals surface area contributed by atoms with Gasteiger partial charge in [0.1, 0.15) is 5.75 Å². The van der Waals surface area contributed by atoms with Gasteiger partial charge in [-0.2, -0.15) is 0 Å². The summed E-state index contributed by atoms with van der Waals surface area (Å²) in [6.07, 6.45) is 3.59. The van der Waals surface area contributed by atoms with E-state index >= 15 is 0 Å². The number of piperidine rings is 1. The van der Waals surface area contributed by atoms with Gasteiger partial charge in [0.2, 0.25) is 5.91 Å². The molecule has 0 aromatic heterocycles. The zero-order valence-corrected chi connectivity index (χ0v) is 18.0. The molecule has 2 aromatic carbocycles. The van der Waals surface area contributed by atoms with Gasteiger partial charge in [0, 0.05) is 22.6 Å². The minimum Gasteiger partial charge on any atom is -0.496 e. The van der Waals surface area contributed by atoms with E-state index in [1.54, 1.807) is 13.2 Å². The van der Waals surface area contributed by atoms with E-state index in [1.807, 2.05) is 30.3 Å². The zero-order valence-electron chi connectivity index (χ0n) is 17.1. The van der Waals surface area contributed by atoms with Crippen molar-refractivity contribution in [3.05, 3.63) is 53.6 Å². The van der Waals surface area contributed by atoms with Gasteiger partial charge in [-0.25, -0.2) is 0 Å². The Bertz CT molecular complexity index is 928. The summed E-state index contributed by atoms with van der Waals surface area (Å²) >= 11 is 1.49. The monoisotopic (exact) mass is 425 g/mol. The summed E-state index contributed by atoms with van der Waals surface area (Å²) < 4.78 is 5.60. The van der Waals surface area contributed by atoms with Gasteiger partial charge in [-0.15, -0.1) is 11.8 Å². The van der Waals surface area contributed by atoms with Crippen molar-refractivity contribution in [3.63, 3.8) is 0 Å². The van der Waals surface area contributed by atoms with Crippen LogP contribution in [0.2, 0.25) is 0 Å². The lowest BCUT2D eigenvalue weighted by molar-refractivity contribution is -0.113. The lowest BCUT2D eigenvalue weighted by atomic mass is 10.0. The van der Waals surface area contributed by atoms with Gasteiger partial charge in [0.25, 0.3) is 5.91 Å². The van der Waals surface area contributed by atoms with Crippen molar-refractivity contribution < 1.29 is 14.3 Å². The van der Waals surface area contributed by atoms with Crippen molar-refractivity contribution in [3.8, 4) is 5.75 Å². The highest BCUT2D eigenvalue weighted by molar-refractivity contribution is 8.00. The third-order valence-corrected chi connectivity index (χ3v) is 6.73. The number of methoxy groups -OCH3 is 1. The second-order valence-electron chi connectivity index (χ2n) is 7.61. The summed E-state index contributed by atoms with van der Waals surface area (Å²) in [6, 6.07) is 13.6. The summed E-state index contributed by atoms with van der Waals surface area (Å²) in [7, 11) is 1.68. The van der Waals surface area contributed by atoms with Gasteiger partial charge in [-0.3, -0.25) is 14.5 Å². The number of para-hydroxylation sites is 1. The van der Waals surface area contributed by atoms with E-state index in [1.165, 1.54) is 31.0 Å². The van der Waals surface area contributed by atoms with E-state index < -0.39 is 0 Å². The molecular formula is C23H27N3O3S. The van der Waals surface area contributed by atoms with Crippen molar-refractivity contribution >= 4 is 29.3 Å². The number of fused-ring (bicyclic) bond motifs is 1. The van der Waals surface area contributed by atoms with Crippen LogP contribution in [0.5, 0.6) is 5.75 Å². The molecule has 158 valence electrons. The average molecular weight is 426 g/mol.